The van der Waals surface area contributed by atoms with Crippen molar-refractivity contribution in [3.63, 3.8) is 0 Å². The Bertz CT molecular complexity index is 1980. The minimum atomic E-state index is -3.38. The van der Waals surface area contributed by atoms with E-state index in [0.717, 1.165) is 70.1 Å². The third kappa shape index (κ3) is 8.17. The van der Waals surface area contributed by atoms with Gasteiger partial charge in [0.25, 0.3) is 0 Å². The second kappa shape index (κ2) is 17.1. The standard InChI is InChI=1S/C43H43N2O2P3/c46-49(40-28-14-6-15-29-40,41-30-16-7-17-31-41)44-36-22-2-1-3-23-37-48(38-24-10-4-11-25-38,39-26-12-5-13-27-39)45-50(47,42-32-18-8-19-33-42)43-34-20-9-21-35-43/h4-21,24-36H,1-3,22-23,37H2. The highest BCUT2D eigenvalue weighted by atomic mass is 31.2. The number of rotatable bonds is 15. The van der Waals surface area contributed by atoms with E-state index in [1.807, 2.05) is 140 Å². The molecule has 50 heavy (non-hydrogen) atoms. The number of hydrogen-bond donors (Lipinski definition) is 0. The minimum absolute atomic E-state index is 0.747. The molecule has 0 unspecified atom stereocenters. The van der Waals surface area contributed by atoms with Crippen LogP contribution in [-0.2, 0) is 9.13 Å². The van der Waals surface area contributed by atoms with Crippen molar-refractivity contribution in [2.75, 3.05) is 6.16 Å². The van der Waals surface area contributed by atoms with Gasteiger partial charge in [-0.25, -0.2) is 9.28 Å². The number of hydrogen-bond acceptors (Lipinski definition) is 2. The Hall–Kier alpha value is -4.32. The molecule has 252 valence electrons. The molecule has 0 radical (unpaired) electrons. The summed E-state index contributed by atoms with van der Waals surface area (Å²) in [5, 5.41) is 5.29. The van der Waals surface area contributed by atoms with E-state index < -0.39 is 21.6 Å². The van der Waals surface area contributed by atoms with Gasteiger partial charge in [-0.3, -0.25) is 9.13 Å². The summed E-state index contributed by atoms with van der Waals surface area (Å²) in [7, 11) is -9.00. The van der Waals surface area contributed by atoms with E-state index in [1.54, 1.807) is 0 Å². The molecular weight excluding hydrogens is 669 g/mol. The first-order chi connectivity index (χ1) is 24.5. The van der Waals surface area contributed by atoms with Crippen LogP contribution in [0.5, 0.6) is 0 Å². The summed E-state index contributed by atoms with van der Waals surface area (Å²) < 4.78 is 40.1. The summed E-state index contributed by atoms with van der Waals surface area (Å²) in [6, 6.07) is 59.7. The second-order valence-electron chi connectivity index (χ2n) is 12.2. The summed E-state index contributed by atoms with van der Waals surface area (Å²) in [5.41, 5.74) is 0. The first kappa shape index (κ1) is 35.5. The van der Waals surface area contributed by atoms with Crippen molar-refractivity contribution in [3.05, 3.63) is 182 Å². The molecule has 6 aromatic carbocycles. The van der Waals surface area contributed by atoms with Crippen LogP contribution in [0.2, 0.25) is 0 Å². The van der Waals surface area contributed by atoms with E-state index in [-0.39, 0.29) is 0 Å². The lowest BCUT2D eigenvalue weighted by Crippen LogP contribution is -2.21. The number of unbranched alkanes of at least 4 members (excludes halogenated alkanes) is 4. The Labute approximate surface area is 297 Å². The maximum atomic E-state index is 15.5. The zero-order valence-electron chi connectivity index (χ0n) is 28.2. The van der Waals surface area contributed by atoms with E-state index >= 15 is 4.57 Å². The van der Waals surface area contributed by atoms with Gasteiger partial charge < -0.3 is 0 Å². The molecule has 0 bridgehead atoms. The topological polar surface area (TPSA) is 58.9 Å². The van der Waals surface area contributed by atoms with Crippen LogP contribution in [0.3, 0.4) is 0 Å². The van der Waals surface area contributed by atoms with Gasteiger partial charge >= 0.3 is 0 Å². The maximum Gasteiger partial charge on any atom is 0.247 e. The van der Waals surface area contributed by atoms with Crippen LogP contribution in [0.15, 0.2) is 191 Å². The van der Waals surface area contributed by atoms with Crippen LogP contribution in [0.1, 0.15) is 32.1 Å². The Balaban J connectivity index is 1.26. The van der Waals surface area contributed by atoms with E-state index in [1.165, 1.54) is 0 Å². The van der Waals surface area contributed by atoms with Crippen molar-refractivity contribution < 1.29 is 9.13 Å². The normalized spacial score (nSPS) is 12.2. The Morgan fingerprint density at radius 2 is 0.700 bits per heavy atom. The number of nitrogens with zero attached hydrogens (tertiary/aromatic N) is 2. The highest BCUT2D eigenvalue weighted by Gasteiger charge is 2.34. The van der Waals surface area contributed by atoms with Crippen LogP contribution in [0, 0.1) is 0 Å². The molecule has 0 aliphatic rings. The van der Waals surface area contributed by atoms with Crippen molar-refractivity contribution in [1.29, 1.82) is 0 Å². The van der Waals surface area contributed by atoms with Crippen LogP contribution in [-0.4, -0.2) is 12.4 Å². The second-order valence-corrected chi connectivity index (χ2v) is 20.6. The molecule has 0 amide bonds. The number of benzene rings is 6. The zero-order valence-corrected chi connectivity index (χ0v) is 30.9. The monoisotopic (exact) mass is 712 g/mol. The highest BCUT2D eigenvalue weighted by Crippen LogP contribution is 2.60. The average molecular weight is 713 g/mol. The fraction of sp³-hybridized carbons (Fsp3) is 0.140. The van der Waals surface area contributed by atoms with Gasteiger partial charge in [0, 0.05) is 34.5 Å². The van der Waals surface area contributed by atoms with Crippen molar-refractivity contribution in [1.82, 2.24) is 0 Å². The van der Waals surface area contributed by atoms with Gasteiger partial charge in [0.1, 0.15) is 0 Å². The van der Waals surface area contributed by atoms with Crippen LogP contribution < -0.4 is 31.8 Å². The molecule has 0 N–H and O–H groups in total. The molecule has 0 atom stereocenters. The summed E-state index contributed by atoms with van der Waals surface area (Å²) in [6.45, 7) is 0. The molecule has 0 aliphatic carbocycles. The molecular formula is C43H43N2O2P3. The molecule has 0 saturated carbocycles. The maximum absolute atomic E-state index is 15.5. The predicted octanol–water partition coefficient (Wildman–Crippen LogP) is 9.72. The molecule has 0 fully saturated rings. The van der Waals surface area contributed by atoms with Crippen LogP contribution in [0.4, 0.5) is 0 Å². The van der Waals surface area contributed by atoms with E-state index in [2.05, 4.69) is 48.5 Å². The quantitative estimate of drug-likeness (QED) is 0.0605. The largest absolute Gasteiger partial charge is 0.288 e. The molecule has 4 nitrogen and oxygen atoms in total. The lowest BCUT2D eigenvalue weighted by molar-refractivity contribution is 0.587. The minimum Gasteiger partial charge on any atom is -0.288 e. The van der Waals surface area contributed by atoms with Gasteiger partial charge in [-0.15, -0.1) is 0 Å². The lowest BCUT2D eigenvalue weighted by Gasteiger charge is -2.29. The summed E-state index contributed by atoms with van der Waals surface area (Å²) in [4.78, 5) is 0. The molecule has 0 heterocycles. The van der Waals surface area contributed by atoms with Gasteiger partial charge in [-0.05, 0) is 84.6 Å². The fourth-order valence-electron chi connectivity index (χ4n) is 6.28. The fourth-order valence-corrected chi connectivity index (χ4v) is 16.3. The van der Waals surface area contributed by atoms with Crippen LogP contribution in [0.25, 0.3) is 0 Å². The summed E-state index contributed by atoms with van der Waals surface area (Å²) in [6.07, 6.45) is 7.32. The van der Waals surface area contributed by atoms with Gasteiger partial charge in [-0.2, -0.15) is 0 Å². The van der Waals surface area contributed by atoms with Crippen molar-refractivity contribution in [2.24, 2.45) is 9.28 Å². The Morgan fingerprint density at radius 3 is 1.08 bits per heavy atom. The van der Waals surface area contributed by atoms with E-state index in [9.17, 15) is 4.57 Å². The van der Waals surface area contributed by atoms with Gasteiger partial charge in [0.15, 0.2) is 0 Å². The highest BCUT2D eigenvalue weighted by molar-refractivity contribution is 7.89. The van der Waals surface area contributed by atoms with E-state index in [4.69, 9.17) is 9.28 Å². The SMILES string of the molecule is O=P(N=CCCCCCCP(=NP(=O)(c1ccccc1)c1ccccc1)(c1ccccc1)c1ccccc1)(c1ccccc1)c1ccccc1. The van der Waals surface area contributed by atoms with Crippen LogP contribution >= 0.6 is 21.6 Å². The molecule has 0 spiro atoms. The van der Waals surface area contributed by atoms with Crippen molar-refractivity contribution >= 4 is 59.7 Å². The Morgan fingerprint density at radius 1 is 0.380 bits per heavy atom. The average Bonchev–Trinajstić information content (AvgIpc) is 3.20. The third-order valence-corrected chi connectivity index (χ3v) is 18.9. The molecule has 0 aromatic heterocycles. The van der Waals surface area contributed by atoms with Gasteiger partial charge in [-0.1, -0.05) is 146 Å². The predicted molar refractivity (Wildman–Crippen MR) is 217 cm³/mol. The van der Waals surface area contributed by atoms with Gasteiger partial charge in [0.2, 0.25) is 14.6 Å². The molecule has 0 saturated heterocycles. The lowest BCUT2D eigenvalue weighted by atomic mass is 10.2. The first-order valence-electron chi connectivity index (χ1n) is 17.3. The summed E-state index contributed by atoms with van der Waals surface area (Å²) in [5.74, 6) is 0. The molecule has 6 rings (SSSR count). The molecule has 6 aromatic rings. The Kier molecular flexibility index (Phi) is 12.1. The third-order valence-electron chi connectivity index (χ3n) is 8.88. The smallest absolute Gasteiger partial charge is 0.247 e. The molecule has 0 aliphatic heterocycles. The zero-order chi connectivity index (χ0) is 34.5. The van der Waals surface area contributed by atoms with Crippen molar-refractivity contribution in [3.8, 4) is 0 Å². The first-order valence-corrected chi connectivity index (χ1v) is 22.5. The van der Waals surface area contributed by atoms with Crippen molar-refractivity contribution in [2.45, 2.75) is 32.1 Å². The summed E-state index contributed by atoms with van der Waals surface area (Å²) >= 11 is 0. The molecule has 7 heteroatoms. The van der Waals surface area contributed by atoms with Gasteiger partial charge in [0.05, 0.1) is 0 Å². The van der Waals surface area contributed by atoms with E-state index in [0.29, 0.717) is 0 Å².